The van der Waals surface area contributed by atoms with Crippen LogP contribution in [0.1, 0.15) is 13.3 Å². The first-order valence-corrected chi connectivity index (χ1v) is 5.34. The molecule has 84 valence electrons. The molecule has 0 bridgehead atoms. The molecule has 15 heavy (non-hydrogen) atoms. The zero-order valence-electron chi connectivity index (χ0n) is 9.37. The average Bonchev–Trinajstić information content (AvgIpc) is 2.15. The highest BCUT2D eigenvalue weighted by Gasteiger charge is 2.04. The van der Waals surface area contributed by atoms with Gasteiger partial charge in [-0.05, 0) is 34.0 Å². The molecule has 0 saturated carbocycles. The van der Waals surface area contributed by atoms with Crippen LogP contribution in [-0.4, -0.2) is 41.5 Å². The SMILES string of the molecule is CC(CCN(C)C)Nc1cncc(Cl)n1. The molecule has 0 aliphatic heterocycles. The lowest BCUT2D eigenvalue weighted by molar-refractivity contribution is 0.390. The van der Waals surface area contributed by atoms with E-state index in [9.17, 15) is 0 Å². The van der Waals surface area contributed by atoms with Crippen molar-refractivity contribution in [1.29, 1.82) is 0 Å². The summed E-state index contributed by atoms with van der Waals surface area (Å²) in [5.74, 6) is 0.730. The van der Waals surface area contributed by atoms with Crippen LogP contribution < -0.4 is 5.32 Å². The largest absolute Gasteiger partial charge is 0.366 e. The third-order valence-electron chi connectivity index (χ3n) is 2.01. The Morgan fingerprint density at radius 1 is 1.47 bits per heavy atom. The van der Waals surface area contributed by atoms with Crippen molar-refractivity contribution in [2.75, 3.05) is 26.0 Å². The number of nitrogens with zero attached hydrogens (tertiary/aromatic N) is 3. The summed E-state index contributed by atoms with van der Waals surface area (Å²) in [6.45, 7) is 3.16. The van der Waals surface area contributed by atoms with Crippen LogP contribution >= 0.6 is 11.6 Å². The number of nitrogens with one attached hydrogen (secondary N) is 1. The summed E-state index contributed by atoms with van der Waals surface area (Å²) in [6.07, 6.45) is 4.26. The summed E-state index contributed by atoms with van der Waals surface area (Å²) < 4.78 is 0. The molecule has 5 heteroatoms. The van der Waals surface area contributed by atoms with Crippen molar-refractivity contribution >= 4 is 17.4 Å². The number of hydrogen-bond acceptors (Lipinski definition) is 4. The summed E-state index contributed by atoms with van der Waals surface area (Å²) in [7, 11) is 4.12. The van der Waals surface area contributed by atoms with E-state index < -0.39 is 0 Å². The van der Waals surface area contributed by atoms with Crippen LogP contribution in [0.4, 0.5) is 5.82 Å². The molecule has 0 aromatic carbocycles. The molecule has 1 atom stereocenters. The zero-order chi connectivity index (χ0) is 11.3. The highest BCUT2D eigenvalue weighted by atomic mass is 35.5. The van der Waals surface area contributed by atoms with Gasteiger partial charge >= 0.3 is 0 Å². The molecule has 1 aromatic rings. The normalized spacial score (nSPS) is 12.9. The highest BCUT2D eigenvalue weighted by molar-refractivity contribution is 6.29. The van der Waals surface area contributed by atoms with E-state index in [-0.39, 0.29) is 0 Å². The molecule has 1 N–H and O–H groups in total. The molecule has 0 aliphatic carbocycles. The van der Waals surface area contributed by atoms with Crippen molar-refractivity contribution in [3.05, 3.63) is 17.5 Å². The van der Waals surface area contributed by atoms with Gasteiger partial charge in [0.1, 0.15) is 11.0 Å². The van der Waals surface area contributed by atoms with Crippen LogP contribution in [0.5, 0.6) is 0 Å². The Labute approximate surface area is 95.7 Å². The molecule has 1 unspecified atom stereocenters. The lowest BCUT2D eigenvalue weighted by Crippen LogP contribution is -2.23. The van der Waals surface area contributed by atoms with Crippen molar-refractivity contribution in [3.63, 3.8) is 0 Å². The number of rotatable bonds is 5. The van der Waals surface area contributed by atoms with Crippen LogP contribution in [0.25, 0.3) is 0 Å². The summed E-state index contributed by atoms with van der Waals surface area (Å²) in [4.78, 5) is 10.2. The number of halogens is 1. The van der Waals surface area contributed by atoms with Crippen LogP contribution in [0.2, 0.25) is 5.15 Å². The Morgan fingerprint density at radius 3 is 2.80 bits per heavy atom. The van der Waals surface area contributed by atoms with Gasteiger partial charge in [0.15, 0.2) is 0 Å². The van der Waals surface area contributed by atoms with Crippen molar-refractivity contribution < 1.29 is 0 Å². The van der Waals surface area contributed by atoms with Gasteiger partial charge < -0.3 is 10.2 Å². The molecule has 0 spiro atoms. The zero-order valence-corrected chi connectivity index (χ0v) is 10.1. The summed E-state index contributed by atoms with van der Waals surface area (Å²) in [5, 5.41) is 3.67. The topological polar surface area (TPSA) is 41.0 Å². The fourth-order valence-electron chi connectivity index (χ4n) is 1.19. The summed E-state index contributed by atoms with van der Waals surface area (Å²) in [5.41, 5.74) is 0. The van der Waals surface area contributed by atoms with Crippen LogP contribution in [0.15, 0.2) is 12.4 Å². The summed E-state index contributed by atoms with van der Waals surface area (Å²) in [6, 6.07) is 0.361. The van der Waals surface area contributed by atoms with Gasteiger partial charge in [-0.1, -0.05) is 11.6 Å². The van der Waals surface area contributed by atoms with Gasteiger partial charge in [-0.3, -0.25) is 4.98 Å². The second-order valence-corrected chi connectivity index (χ2v) is 4.25. The monoisotopic (exact) mass is 228 g/mol. The van der Waals surface area contributed by atoms with E-state index in [1.807, 2.05) is 0 Å². The molecule has 0 fully saturated rings. The first kappa shape index (κ1) is 12.2. The molecule has 1 rings (SSSR count). The van der Waals surface area contributed by atoms with Crippen LogP contribution in [0.3, 0.4) is 0 Å². The second-order valence-electron chi connectivity index (χ2n) is 3.86. The Bertz CT molecular complexity index is 303. The van der Waals surface area contributed by atoms with Gasteiger partial charge in [0.25, 0.3) is 0 Å². The third-order valence-corrected chi connectivity index (χ3v) is 2.19. The number of hydrogen-bond donors (Lipinski definition) is 1. The molecule has 0 aliphatic rings. The third kappa shape index (κ3) is 4.95. The molecule has 0 saturated heterocycles. The number of anilines is 1. The molecular formula is C10H17ClN4. The average molecular weight is 229 g/mol. The Hall–Kier alpha value is -0.870. The minimum Gasteiger partial charge on any atom is -0.366 e. The highest BCUT2D eigenvalue weighted by Crippen LogP contribution is 2.09. The summed E-state index contributed by atoms with van der Waals surface area (Å²) >= 11 is 5.73. The van der Waals surface area contributed by atoms with Gasteiger partial charge in [-0.15, -0.1) is 0 Å². The van der Waals surface area contributed by atoms with Gasteiger partial charge in [0, 0.05) is 6.04 Å². The lowest BCUT2D eigenvalue weighted by Gasteiger charge is -2.16. The smallest absolute Gasteiger partial charge is 0.149 e. The van der Waals surface area contributed by atoms with E-state index in [4.69, 9.17) is 11.6 Å². The van der Waals surface area contributed by atoms with Gasteiger partial charge in [-0.25, -0.2) is 4.98 Å². The van der Waals surface area contributed by atoms with Gasteiger partial charge in [0.05, 0.1) is 12.4 Å². The molecule has 1 aromatic heterocycles. The minimum atomic E-state index is 0.361. The molecule has 0 radical (unpaired) electrons. The lowest BCUT2D eigenvalue weighted by atomic mass is 10.2. The van der Waals surface area contributed by atoms with Crippen molar-refractivity contribution in [2.24, 2.45) is 0 Å². The quantitative estimate of drug-likeness (QED) is 0.836. The van der Waals surface area contributed by atoms with Gasteiger partial charge in [0.2, 0.25) is 0 Å². The van der Waals surface area contributed by atoms with E-state index in [0.717, 1.165) is 18.8 Å². The van der Waals surface area contributed by atoms with E-state index in [2.05, 4.69) is 41.2 Å². The predicted octanol–water partition coefficient (Wildman–Crippen LogP) is 1.88. The standard InChI is InChI=1S/C10H17ClN4/c1-8(4-5-15(2)3)13-10-7-12-6-9(11)14-10/h6-8H,4-5H2,1-3H3,(H,13,14). The Morgan fingerprint density at radius 2 is 2.20 bits per heavy atom. The predicted molar refractivity (Wildman–Crippen MR) is 63.3 cm³/mol. The molecule has 4 nitrogen and oxygen atoms in total. The van der Waals surface area contributed by atoms with E-state index in [1.165, 1.54) is 6.20 Å². The molecule has 0 amide bonds. The Kier molecular flexibility index (Phi) is 4.78. The van der Waals surface area contributed by atoms with Crippen LogP contribution in [0, 0.1) is 0 Å². The minimum absolute atomic E-state index is 0.361. The maximum atomic E-state index is 5.73. The van der Waals surface area contributed by atoms with Crippen molar-refractivity contribution in [2.45, 2.75) is 19.4 Å². The fraction of sp³-hybridized carbons (Fsp3) is 0.600. The van der Waals surface area contributed by atoms with Gasteiger partial charge in [-0.2, -0.15) is 0 Å². The van der Waals surface area contributed by atoms with E-state index in [1.54, 1.807) is 6.20 Å². The van der Waals surface area contributed by atoms with Crippen molar-refractivity contribution in [1.82, 2.24) is 14.9 Å². The second kappa shape index (κ2) is 5.88. The fourth-order valence-corrected chi connectivity index (χ4v) is 1.34. The molecular weight excluding hydrogens is 212 g/mol. The van der Waals surface area contributed by atoms with E-state index >= 15 is 0 Å². The molecule has 1 heterocycles. The number of aromatic nitrogens is 2. The maximum absolute atomic E-state index is 5.73. The maximum Gasteiger partial charge on any atom is 0.149 e. The first-order chi connectivity index (χ1) is 7.08. The van der Waals surface area contributed by atoms with E-state index in [0.29, 0.717) is 11.2 Å². The first-order valence-electron chi connectivity index (χ1n) is 4.96. The van der Waals surface area contributed by atoms with Crippen LogP contribution in [-0.2, 0) is 0 Å². The van der Waals surface area contributed by atoms with Crippen molar-refractivity contribution in [3.8, 4) is 0 Å². The Balaban J connectivity index is 2.40.